The average molecular weight is 394 g/mol. The molecule has 0 atom stereocenters. The summed E-state index contributed by atoms with van der Waals surface area (Å²) in [6.07, 6.45) is 1.56. The molecule has 0 saturated heterocycles. The number of furan rings is 1. The van der Waals surface area contributed by atoms with Gasteiger partial charge in [-0.05, 0) is 29.8 Å². The Labute approximate surface area is 168 Å². The fourth-order valence-electron chi connectivity index (χ4n) is 2.70. The van der Waals surface area contributed by atoms with Gasteiger partial charge in [0.25, 0.3) is 5.91 Å². The minimum absolute atomic E-state index is 0.0489. The minimum Gasteiger partial charge on any atom is -0.467 e. The van der Waals surface area contributed by atoms with E-state index in [0.29, 0.717) is 29.3 Å². The highest BCUT2D eigenvalue weighted by Gasteiger charge is 2.18. The summed E-state index contributed by atoms with van der Waals surface area (Å²) < 4.78 is 5.23. The van der Waals surface area contributed by atoms with Crippen molar-refractivity contribution in [2.45, 2.75) is 12.3 Å². The van der Waals surface area contributed by atoms with Crippen LogP contribution in [0, 0.1) is 0 Å². The van der Waals surface area contributed by atoms with Crippen LogP contribution < -0.4 is 10.2 Å². The molecule has 28 heavy (non-hydrogen) atoms. The molecule has 5 nitrogen and oxygen atoms in total. The van der Waals surface area contributed by atoms with Crippen LogP contribution in [-0.4, -0.2) is 24.6 Å². The molecule has 1 heterocycles. The largest absolute Gasteiger partial charge is 0.467 e. The van der Waals surface area contributed by atoms with E-state index in [2.05, 4.69) is 5.32 Å². The molecule has 6 heteroatoms. The van der Waals surface area contributed by atoms with E-state index in [0.717, 1.165) is 5.75 Å². The average Bonchev–Trinajstić information content (AvgIpc) is 3.26. The van der Waals surface area contributed by atoms with Crippen LogP contribution in [0.4, 0.5) is 5.69 Å². The van der Waals surface area contributed by atoms with E-state index in [4.69, 9.17) is 4.42 Å². The summed E-state index contributed by atoms with van der Waals surface area (Å²) >= 11 is 1.56. The summed E-state index contributed by atoms with van der Waals surface area (Å²) in [4.78, 5) is 26.7. The van der Waals surface area contributed by atoms with Gasteiger partial charge in [0.1, 0.15) is 5.76 Å². The Balaban J connectivity index is 1.60. The molecule has 3 aromatic rings. The zero-order valence-electron chi connectivity index (χ0n) is 15.6. The zero-order valence-corrected chi connectivity index (χ0v) is 16.4. The van der Waals surface area contributed by atoms with Crippen LogP contribution >= 0.6 is 11.8 Å². The summed E-state index contributed by atoms with van der Waals surface area (Å²) in [6.45, 7) is 0.296. The first kappa shape index (κ1) is 19.8. The van der Waals surface area contributed by atoms with E-state index in [-0.39, 0.29) is 11.8 Å². The van der Waals surface area contributed by atoms with Crippen molar-refractivity contribution in [3.63, 3.8) is 0 Å². The zero-order chi connectivity index (χ0) is 19.8. The highest BCUT2D eigenvalue weighted by Crippen LogP contribution is 2.21. The highest BCUT2D eigenvalue weighted by molar-refractivity contribution is 7.99. The number of benzene rings is 2. The van der Waals surface area contributed by atoms with Gasteiger partial charge in [0.2, 0.25) is 5.91 Å². The second kappa shape index (κ2) is 9.80. The van der Waals surface area contributed by atoms with Crippen LogP contribution in [0.5, 0.6) is 0 Å². The Kier molecular flexibility index (Phi) is 6.92. The molecule has 0 spiro atoms. The summed E-state index contributed by atoms with van der Waals surface area (Å²) in [7, 11) is 1.70. The van der Waals surface area contributed by atoms with Crippen LogP contribution in [0.15, 0.2) is 77.4 Å². The number of amides is 2. The first-order chi connectivity index (χ1) is 13.6. The maximum absolute atomic E-state index is 12.6. The number of anilines is 1. The van der Waals surface area contributed by atoms with Gasteiger partial charge < -0.3 is 14.6 Å². The van der Waals surface area contributed by atoms with Crippen molar-refractivity contribution in [3.05, 3.63) is 89.9 Å². The Hall–Kier alpha value is -2.99. The molecule has 0 radical (unpaired) electrons. The number of carbonyl (C=O) groups excluding carboxylic acids is 2. The number of carbonyl (C=O) groups is 2. The lowest BCUT2D eigenvalue weighted by molar-refractivity contribution is -0.115. The standard InChI is InChI=1S/C22H22N2O3S/c1-24(21(25)16-28-15-17-8-3-2-4-9-17)20-12-6-5-11-19(20)22(26)23-14-18-10-7-13-27-18/h2-13H,14-16H2,1H3,(H,23,26). The van der Waals surface area contributed by atoms with E-state index in [1.54, 1.807) is 60.3 Å². The molecular formula is C22H22N2O3S. The molecule has 0 aliphatic rings. The number of nitrogens with one attached hydrogen (secondary N) is 1. The molecule has 0 aliphatic carbocycles. The van der Waals surface area contributed by atoms with Crippen LogP contribution in [0.25, 0.3) is 0 Å². The van der Waals surface area contributed by atoms with Crippen molar-refractivity contribution < 1.29 is 14.0 Å². The lowest BCUT2D eigenvalue weighted by Gasteiger charge is -2.20. The third kappa shape index (κ3) is 5.27. The number of thioether (sulfide) groups is 1. The van der Waals surface area contributed by atoms with Crippen LogP contribution in [0.2, 0.25) is 0 Å². The molecule has 0 bridgehead atoms. The van der Waals surface area contributed by atoms with Crippen LogP contribution in [-0.2, 0) is 17.1 Å². The van der Waals surface area contributed by atoms with E-state index in [9.17, 15) is 9.59 Å². The van der Waals surface area contributed by atoms with Crippen LogP contribution in [0.3, 0.4) is 0 Å². The maximum atomic E-state index is 12.6. The molecule has 1 aromatic heterocycles. The molecule has 3 rings (SSSR count). The quantitative estimate of drug-likeness (QED) is 0.625. The topological polar surface area (TPSA) is 62.6 Å². The van der Waals surface area contributed by atoms with E-state index >= 15 is 0 Å². The van der Waals surface area contributed by atoms with Gasteiger partial charge in [-0.1, -0.05) is 42.5 Å². The predicted molar refractivity (Wildman–Crippen MR) is 112 cm³/mol. The number of rotatable bonds is 8. The molecule has 2 aromatic carbocycles. The molecule has 0 unspecified atom stereocenters. The maximum Gasteiger partial charge on any atom is 0.253 e. The smallest absolute Gasteiger partial charge is 0.253 e. The van der Waals surface area contributed by atoms with Crippen molar-refractivity contribution in [1.29, 1.82) is 0 Å². The first-order valence-electron chi connectivity index (χ1n) is 8.93. The minimum atomic E-state index is -0.247. The van der Waals surface area contributed by atoms with Gasteiger partial charge in [0, 0.05) is 12.8 Å². The molecule has 1 N–H and O–H groups in total. The van der Waals surface area contributed by atoms with Gasteiger partial charge in [-0.15, -0.1) is 11.8 Å². The second-order valence-electron chi connectivity index (χ2n) is 6.21. The number of nitrogens with zero attached hydrogens (tertiary/aromatic N) is 1. The van der Waals surface area contributed by atoms with Gasteiger partial charge in [0.15, 0.2) is 0 Å². The monoisotopic (exact) mass is 394 g/mol. The summed E-state index contributed by atoms with van der Waals surface area (Å²) in [5.74, 6) is 1.49. The fourth-order valence-corrected chi connectivity index (χ4v) is 3.59. The van der Waals surface area contributed by atoms with Crippen molar-refractivity contribution in [2.24, 2.45) is 0 Å². The first-order valence-corrected chi connectivity index (χ1v) is 10.1. The van der Waals surface area contributed by atoms with Gasteiger partial charge >= 0.3 is 0 Å². The van der Waals surface area contributed by atoms with Gasteiger partial charge in [-0.3, -0.25) is 9.59 Å². The number of hydrogen-bond donors (Lipinski definition) is 1. The van der Waals surface area contributed by atoms with Gasteiger partial charge in [-0.25, -0.2) is 0 Å². The summed E-state index contributed by atoms with van der Waals surface area (Å²) in [6, 6.07) is 20.7. The van der Waals surface area contributed by atoms with Gasteiger partial charge in [-0.2, -0.15) is 0 Å². The summed E-state index contributed by atoms with van der Waals surface area (Å²) in [5, 5.41) is 2.82. The SMILES string of the molecule is CN(C(=O)CSCc1ccccc1)c1ccccc1C(=O)NCc1ccco1. The number of para-hydroxylation sites is 1. The number of hydrogen-bond acceptors (Lipinski definition) is 4. The Morgan fingerprint density at radius 1 is 1.00 bits per heavy atom. The third-order valence-electron chi connectivity index (χ3n) is 4.22. The lowest BCUT2D eigenvalue weighted by atomic mass is 10.1. The molecule has 0 aliphatic heterocycles. The van der Waals surface area contributed by atoms with Crippen LogP contribution in [0.1, 0.15) is 21.7 Å². The lowest BCUT2D eigenvalue weighted by Crippen LogP contribution is -2.31. The highest BCUT2D eigenvalue weighted by atomic mass is 32.2. The second-order valence-corrected chi connectivity index (χ2v) is 7.20. The van der Waals surface area contributed by atoms with Crippen molar-refractivity contribution in [2.75, 3.05) is 17.7 Å². The van der Waals surface area contributed by atoms with Crippen molar-refractivity contribution in [3.8, 4) is 0 Å². The Morgan fingerprint density at radius 3 is 2.50 bits per heavy atom. The third-order valence-corrected chi connectivity index (χ3v) is 5.21. The fraction of sp³-hybridized carbons (Fsp3) is 0.182. The molecule has 2 amide bonds. The van der Waals surface area contributed by atoms with E-state index < -0.39 is 0 Å². The normalized spacial score (nSPS) is 10.5. The molecule has 0 fully saturated rings. The predicted octanol–water partition coefficient (Wildman–Crippen LogP) is 4.11. The molecule has 144 valence electrons. The summed E-state index contributed by atoms with van der Waals surface area (Å²) in [5.41, 5.74) is 2.23. The van der Waals surface area contributed by atoms with E-state index in [1.165, 1.54) is 5.56 Å². The van der Waals surface area contributed by atoms with Crippen molar-refractivity contribution >= 4 is 29.3 Å². The Bertz CT molecular complexity index is 911. The van der Waals surface area contributed by atoms with E-state index in [1.807, 2.05) is 36.4 Å². The van der Waals surface area contributed by atoms with Gasteiger partial charge in [0.05, 0.1) is 29.8 Å². The Morgan fingerprint density at radius 2 is 1.75 bits per heavy atom. The molecule has 0 saturated carbocycles. The molecular weight excluding hydrogens is 372 g/mol. The van der Waals surface area contributed by atoms with Crippen molar-refractivity contribution in [1.82, 2.24) is 5.32 Å².